The molecule has 5 rings (SSSR count). The summed E-state index contributed by atoms with van der Waals surface area (Å²) in [5.41, 5.74) is 1.69. The first-order valence-corrected chi connectivity index (χ1v) is 12.1. The highest BCUT2D eigenvalue weighted by molar-refractivity contribution is 6.51. The van der Waals surface area contributed by atoms with Crippen molar-refractivity contribution < 1.29 is 29.0 Å². The molecular formula is C31H25NO6. The number of nitrogens with zero attached hydrogens (tertiary/aromatic N) is 1. The summed E-state index contributed by atoms with van der Waals surface area (Å²) in [5.74, 6) is -1.81. The molecular weight excluding hydrogens is 482 g/mol. The average Bonchev–Trinajstić information content (AvgIpc) is 3.22. The molecule has 1 unspecified atom stereocenters. The van der Waals surface area contributed by atoms with E-state index in [2.05, 4.69) is 0 Å². The van der Waals surface area contributed by atoms with Crippen molar-refractivity contribution in [2.45, 2.75) is 13.0 Å². The quantitative estimate of drug-likeness (QED) is 0.157. The average molecular weight is 508 g/mol. The fourth-order valence-corrected chi connectivity index (χ4v) is 4.69. The highest BCUT2D eigenvalue weighted by Gasteiger charge is 2.47. The fourth-order valence-electron chi connectivity index (χ4n) is 4.69. The van der Waals surface area contributed by atoms with Crippen molar-refractivity contribution in [3.8, 4) is 5.75 Å². The topological polar surface area (TPSA) is 93.1 Å². The minimum Gasteiger partial charge on any atom is -0.507 e. The Morgan fingerprint density at radius 2 is 1.58 bits per heavy atom. The third-order valence-electron chi connectivity index (χ3n) is 6.53. The van der Waals surface area contributed by atoms with Crippen LogP contribution in [0.1, 0.15) is 34.5 Å². The maximum absolute atomic E-state index is 13.5. The summed E-state index contributed by atoms with van der Waals surface area (Å²) in [6.07, 6.45) is 0. The van der Waals surface area contributed by atoms with E-state index in [1.165, 1.54) is 12.0 Å². The Bertz CT molecular complexity index is 1590. The van der Waals surface area contributed by atoms with Gasteiger partial charge in [0.15, 0.2) is 0 Å². The number of anilines is 1. The Morgan fingerprint density at radius 3 is 2.29 bits per heavy atom. The van der Waals surface area contributed by atoms with Crippen LogP contribution >= 0.6 is 0 Å². The van der Waals surface area contributed by atoms with Gasteiger partial charge >= 0.3 is 5.97 Å². The maximum Gasteiger partial charge on any atom is 0.338 e. The molecule has 0 aromatic heterocycles. The molecule has 0 spiro atoms. The Labute approximate surface area is 219 Å². The van der Waals surface area contributed by atoms with Gasteiger partial charge in [-0.25, -0.2) is 4.79 Å². The molecule has 0 aliphatic carbocycles. The van der Waals surface area contributed by atoms with E-state index in [4.69, 9.17) is 9.47 Å². The number of aliphatic hydroxyl groups excluding tert-OH is 1. The summed E-state index contributed by atoms with van der Waals surface area (Å²) < 4.78 is 10.4. The third kappa shape index (κ3) is 4.39. The number of Topliss-reactive ketones (excluding diaryl/α,β-unsaturated/α-hetero) is 1. The molecule has 1 fully saturated rings. The van der Waals surface area contributed by atoms with Crippen LogP contribution in [0.25, 0.3) is 16.5 Å². The number of ether oxygens (including phenoxy) is 2. The molecule has 1 aliphatic heterocycles. The van der Waals surface area contributed by atoms with Crippen LogP contribution in [-0.4, -0.2) is 36.5 Å². The van der Waals surface area contributed by atoms with Crippen LogP contribution < -0.4 is 9.64 Å². The SMILES string of the molecule is CCOC(=O)c1ccc(N2C(=O)C(=O)/C(=C(\O)c3ccc4ccccc4c3)C2c2cccc(OC)c2)cc1. The van der Waals surface area contributed by atoms with Crippen molar-refractivity contribution >= 4 is 39.9 Å². The van der Waals surface area contributed by atoms with Crippen molar-refractivity contribution in [3.05, 3.63) is 113 Å². The lowest BCUT2D eigenvalue weighted by Gasteiger charge is -2.26. The van der Waals surface area contributed by atoms with Crippen LogP contribution in [0.5, 0.6) is 5.75 Å². The maximum atomic E-state index is 13.5. The zero-order valence-electron chi connectivity index (χ0n) is 20.9. The number of aliphatic hydroxyl groups is 1. The number of esters is 1. The minimum atomic E-state index is -0.926. The molecule has 1 heterocycles. The number of hydrogen-bond donors (Lipinski definition) is 1. The van der Waals surface area contributed by atoms with E-state index in [1.807, 2.05) is 30.3 Å². The second kappa shape index (κ2) is 10.2. The van der Waals surface area contributed by atoms with Gasteiger partial charge in [0, 0.05) is 11.3 Å². The lowest BCUT2D eigenvalue weighted by Crippen LogP contribution is -2.29. The number of carbonyl (C=O) groups excluding carboxylic acids is 3. The van der Waals surface area contributed by atoms with E-state index < -0.39 is 23.7 Å². The Morgan fingerprint density at radius 1 is 0.868 bits per heavy atom. The number of hydrogen-bond acceptors (Lipinski definition) is 6. The third-order valence-corrected chi connectivity index (χ3v) is 6.53. The molecule has 0 bridgehead atoms. The molecule has 0 saturated carbocycles. The summed E-state index contributed by atoms with van der Waals surface area (Å²) in [5, 5.41) is 13.3. The van der Waals surface area contributed by atoms with Crippen LogP contribution in [0, 0.1) is 0 Å². The molecule has 1 atom stereocenters. The first-order valence-electron chi connectivity index (χ1n) is 12.1. The van der Waals surface area contributed by atoms with Gasteiger partial charge in [0.2, 0.25) is 0 Å². The largest absolute Gasteiger partial charge is 0.507 e. The first kappa shape index (κ1) is 24.8. The minimum absolute atomic E-state index is 0.0343. The molecule has 7 heteroatoms. The number of rotatable bonds is 6. The number of methoxy groups -OCH3 is 1. The Hall–Kier alpha value is -4.91. The standard InChI is InChI=1S/C31H25NO6/c1-3-38-31(36)20-13-15-24(16-14-20)32-27(22-9-6-10-25(18-22)37-2)26(29(34)30(32)35)28(33)23-12-11-19-7-4-5-8-21(19)17-23/h4-18,27,33H,3H2,1-2H3/b28-26-. The number of fused-ring (bicyclic) bond motifs is 1. The lowest BCUT2D eigenvalue weighted by atomic mass is 9.94. The zero-order valence-corrected chi connectivity index (χ0v) is 20.9. The van der Waals surface area contributed by atoms with Gasteiger partial charge in [0.25, 0.3) is 11.7 Å². The molecule has 190 valence electrons. The highest BCUT2D eigenvalue weighted by atomic mass is 16.5. The molecule has 38 heavy (non-hydrogen) atoms. The highest BCUT2D eigenvalue weighted by Crippen LogP contribution is 2.43. The molecule has 0 radical (unpaired) electrons. The van der Waals surface area contributed by atoms with Gasteiger partial charge in [0.1, 0.15) is 11.5 Å². The normalized spacial score (nSPS) is 16.6. The molecule has 1 amide bonds. The van der Waals surface area contributed by atoms with Crippen LogP contribution in [0.3, 0.4) is 0 Å². The van der Waals surface area contributed by atoms with E-state index >= 15 is 0 Å². The zero-order chi connectivity index (χ0) is 26.8. The predicted molar refractivity (Wildman–Crippen MR) is 144 cm³/mol. The molecule has 1 aliphatic rings. The van der Waals surface area contributed by atoms with Crippen molar-refractivity contribution in [1.29, 1.82) is 0 Å². The molecule has 7 nitrogen and oxygen atoms in total. The number of benzene rings is 4. The van der Waals surface area contributed by atoms with Gasteiger partial charge in [-0.15, -0.1) is 0 Å². The molecule has 4 aromatic carbocycles. The monoisotopic (exact) mass is 507 g/mol. The van der Waals surface area contributed by atoms with Crippen molar-refractivity contribution in [2.75, 3.05) is 18.6 Å². The van der Waals surface area contributed by atoms with Crippen LogP contribution in [0.4, 0.5) is 5.69 Å². The fraction of sp³-hybridized carbons (Fsp3) is 0.129. The summed E-state index contributed by atoms with van der Waals surface area (Å²) in [7, 11) is 1.53. The number of ketones is 1. The van der Waals surface area contributed by atoms with Gasteiger partial charge in [-0.3, -0.25) is 14.5 Å². The number of amides is 1. The van der Waals surface area contributed by atoms with E-state index in [0.717, 1.165) is 10.8 Å². The van der Waals surface area contributed by atoms with E-state index in [1.54, 1.807) is 67.6 Å². The molecule has 1 saturated heterocycles. The Balaban J connectivity index is 1.67. The van der Waals surface area contributed by atoms with Gasteiger partial charge in [0.05, 0.1) is 30.9 Å². The second-order valence-electron chi connectivity index (χ2n) is 8.77. The second-order valence-corrected chi connectivity index (χ2v) is 8.77. The Kier molecular flexibility index (Phi) is 6.66. The van der Waals surface area contributed by atoms with Crippen LogP contribution in [0.2, 0.25) is 0 Å². The first-order chi connectivity index (χ1) is 18.4. The number of carbonyl (C=O) groups is 3. The van der Waals surface area contributed by atoms with E-state index in [9.17, 15) is 19.5 Å². The summed E-state index contributed by atoms with van der Waals surface area (Å²) >= 11 is 0. The lowest BCUT2D eigenvalue weighted by molar-refractivity contribution is -0.132. The summed E-state index contributed by atoms with van der Waals surface area (Å²) in [4.78, 5) is 40.3. The van der Waals surface area contributed by atoms with Crippen molar-refractivity contribution in [3.63, 3.8) is 0 Å². The van der Waals surface area contributed by atoms with Crippen molar-refractivity contribution in [2.24, 2.45) is 0 Å². The smallest absolute Gasteiger partial charge is 0.338 e. The van der Waals surface area contributed by atoms with Crippen molar-refractivity contribution in [1.82, 2.24) is 0 Å². The van der Waals surface area contributed by atoms with Crippen LogP contribution in [0.15, 0.2) is 96.6 Å². The van der Waals surface area contributed by atoms with E-state index in [-0.39, 0.29) is 17.9 Å². The summed E-state index contributed by atoms with van der Waals surface area (Å²) in [6.45, 7) is 1.95. The predicted octanol–water partition coefficient (Wildman–Crippen LogP) is 5.65. The molecule has 4 aromatic rings. The molecule has 1 N–H and O–H groups in total. The van der Waals surface area contributed by atoms with Gasteiger partial charge in [-0.05, 0) is 65.7 Å². The van der Waals surface area contributed by atoms with Gasteiger partial charge in [-0.2, -0.15) is 0 Å². The van der Waals surface area contributed by atoms with Crippen LogP contribution in [-0.2, 0) is 14.3 Å². The van der Waals surface area contributed by atoms with Gasteiger partial charge in [-0.1, -0.05) is 48.5 Å². The van der Waals surface area contributed by atoms with Gasteiger partial charge < -0.3 is 14.6 Å². The van der Waals surface area contributed by atoms with E-state index in [0.29, 0.717) is 28.1 Å². The summed E-state index contributed by atoms with van der Waals surface area (Å²) in [6, 6.07) is 25.4.